The molecule has 0 aliphatic carbocycles. The molecule has 4 rings (SSSR count). The zero-order valence-electron chi connectivity index (χ0n) is 20.4. The van der Waals surface area contributed by atoms with Crippen molar-refractivity contribution in [1.82, 2.24) is 4.57 Å². The van der Waals surface area contributed by atoms with Crippen LogP contribution in [0.5, 0.6) is 11.5 Å². The summed E-state index contributed by atoms with van der Waals surface area (Å²) in [6.45, 7) is 1.46. The molecule has 1 aromatic heterocycles. The predicted octanol–water partition coefficient (Wildman–Crippen LogP) is 4.41. The summed E-state index contributed by atoms with van der Waals surface area (Å²) in [6, 6.07) is 21.3. The summed E-state index contributed by atoms with van der Waals surface area (Å²) in [7, 11) is 4.51. The fourth-order valence-corrected chi connectivity index (χ4v) is 4.02. The number of aromatic nitrogens is 1. The first-order valence-electron chi connectivity index (χ1n) is 11.3. The Morgan fingerprint density at radius 1 is 0.889 bits per heavy atom. The number of esters is 1. The Kier molecular flexibility index (Phi) is 7.05. The molecule has 1 amide bonds. The van der Waals surface area contributed by atoms with Crippen molar-refractivity contribution in [2.24, 2.45) is 7.05 Å². The van der Waals surface area contributed by atoms with E-state index in [0.29, 0.717) is 33.5 Å². The van der Waals surface area contributed by atoms with Crippen LogP contribution in [0.25, 0.3) is 21.9 Å². The number of methoxy groups -OCH3 is 2. The number of anilines is 1. The number of ether oxygens (including phenoxy) is 3. The van der Waals surface area contributed by atoms with Gasteiger partial charge in [0.2, 0.25) is 0 Å². The maximum absolute atomic E-state index is 13.4. The van der Waals surface area contributed by atoms with Crippen LogP contribution in [0.2, 0.25) is 0 Å². The van der Waals surface area contributed by atoms with E-state index >= 15 is 0 Å². The van der Waals surface area contributed by atoms with Gasteiger partial charge in [0.05, 0.1) is 19.9 Å². The molecule has 36 heavy (non-hydrogen) atoms. The van der Waals surface area contributed by atoms with Gasteiger partial charge in [-0.2, -0.15) is 0 Å². The summed E-state index contributed by atoms with van der Waals surface area (Å²) in [5, 5.41) is 3.81. The second kappa shape index (κ2) is 10.4. The number of hydrogen-bond donors (Lipinski definition) is 1. The number of pyridine rings is 1. The van der Waals surface area contributed by atoms with Gasteiger partial charge in [0.25, 0.3) is 11.5 Å². The topological polar surface area (TPSA) is 95.9 Å². The van der Waals surface area contributed by atoms with Crippen molar-refractivity contribution in [1.29, 1.82) is 0 Å². The Labute approximate surface area is 208 Å². The number of fused-ring (bicyclic) bond motifs is 1. The summed E-state index contributed by atoms with van der Waals surface area (Å²) in [6.07, 6.45) is -1.17. The molecular formula is C28H26N2O6. The van der Waals surface area contributed by atoms with Crippen LogP contribution in [0.4, 0.5) is 5.69 Å². The molecule has 4 aromatic rings. The maximum atomic E-state index is 13.4. The Morgan fingerprint density at radius 3 is 2.22 bits per heavy atom. The van der Waals surface area contributed by atoms with Gasteiger partial charge in [-0.3, -0.25) is 9.59 Å². The van der Waals surface area contributed by atoms with Crippen LogP contribution in [0.15, 0.2) is 77.6 Å². The van der Waals surface area contributed by atoms with E-state index in [4.69, 9.17) is 14.2 Å². The highest BCUT2D eigenvalue weighted by atomic mass is 16.5. The zero-order valence-corrected chi connectivity index (χ0v) is 20.4. The molecular weight excluding hydrogens is 460 g/mol. The Bertz CT molecular complexity index is 1490. The summed E-state index contributed by atoms with van der Waals surface area (Å²) in [5.41, 5.74) is 1.39. The van der Waals surface area contributed by atoms with Crippen molar-refractivity contribution >= 4 is 28.3 Å². The lowest BCUT2D eigenvalue weighted by Crippen LogP contribution is -2.33. The van der Waals surface area contributed by atoms with E-state index in [9.17, 15) is 14.4 Å². The van der Waals surface area contributed by atoms with E-state index < -0.39 is 18.0 Å². The van der Waals surface area contributed by atoms with Crippen LogP contribution >= 0.6 is 0 Å². The van der Waals surface area contributed by atoms with Crippen LogP contribution in [0.1, 0.15) is 17.4 Å². The summed E-state index contributed by atoms with van der Waals surface area (Å²) in [4.78, 5) is 39.4. The standard InChI is InChI=1S/C28H26N2O6/c1-17(26(31)29-22-16-19(34-3)14-15-23(22)35-4)36-28(33)25-24(18-10-6-5-7-11-18)20-12-8-9-13-21(20)27(32)30(25)2/h5-17H,1-4H3,(H,29,31). The van der Waals surface area contributed by atoms with Gasteiger partial charge < -0.3 is 24.1 Å². The van der Waals surface area contributed by atoms with Gasteiger partial charge in [0.1, 0.15) is 17.2 Å². The van der Waals surface area contributed by atoms with E-state index in [2.05, 4.69) is 5.32 Å². The molecule has 0 fully saturated rings. The Morgan fingerprint density at radius 2 is 1.56 bits per heavy atom. The van der Waals surface area contributed by atoms with Gasteiger partial charge >= 0.3 is 5.97 Å². The summed E-state index contributed by atoms with van der Waals surface area (Å²) >= 11 is 0. The Balaban J connectivity index is 1.70. The van der Waals surface area contributed by atoms with Gasteiger partial charge in [-0.05, 0) is 36.1 Å². The molecule has 184 valence electrons. The Hall–Kier alpha value is -4.59. The number of hydrogen-bond acceptors (Lipinski definition) is 6. The lowest BCUT2D eigenvalue weighted by molar-refractivity contribution is -0.123. The average Bonchev–Trinajstić information content (AvgIpc) is 2.90. The molecule has 0 saturated heterocycles. The molecule has 8 heteroatoms. The largest absolute Gasteiger partial charge is 0.497 e. The highest BCUT2D eigenvalue weighted by molar-refractivity contribution is 6.07. The lowest BCUT2D eigenvalue weighted by Gasteiger charge is -2.19. The van der Waals surface area contributed by atoms with Crippen molar-refractivity contribution in [2.75, 3.05) is 19.5 Å². The number of benzene rings is 3. The molecule has 0 radical (unpaired) electrons. The molecule has 1 N–H and O–H groups in total. The normalized spacial score (nSPS) is 11.6. The number of carbonyl (C=O) groups is 2. The fraction of sp³-hybridized carbons (Fsp3) is 0.179. The number of carbonyl (C=O) groups excluding carboxylic acids is 2. The smallest absolute Gasteiger partial charge is 0.356 e. The first-order chi connectivity index (χ1) is 17.3. The van der Waals surface area contributed by atoms with Crippen molar-refractivity contribution in [2.45, 2.75) is 13.0 Å². The molecule has 1 unspecified atom stereocenters. The quantitative estimate of drug-likeness (QED) is 0.389. The molecule has 0 saturated carbocycles. The van der Waals surface area contributed by atoms with E-state index in [1.165, 1.54) is 32.8 Å². The van der Waals surface area contributed by atoms with E-state index in [-0.39, 0.29) is 11.3 Å². The molecule has 0 aliphatic rings. The van der Waals surface area contributed by atoms with Crippen molar-refractivity contribution in [3.63, 3.8) is 0 Å². The minimum absolute atomic E-state index is 0.0588. The van der Waals surface area contributed by atoms with Crippen LogP contribution < -0.4 is 20.3 Å². The van der Waals surface area contributed by atoms with Gasteiger partial charge in [0.15, 0.2) is 6.10 Å². The average molecular weight is 487 g/mol. The highest BCUT2D eigenvalue weighted by Gasteiger charge is 2.26. The number of rotatable bonds is 7. The molecule has 0 bridgehead atoms. The third-order valence-electron chi connectivity index (χ3n) is 5.88. The SMILES string of the molecule is COc1ccc(OC)c(NC(=O)C(C)OC(=O)c2c(-c3ccccc3)c3ccccc3c(=O)n2C)c1. The van der Waals surface area contributed by atoms with Crippen molar-refractivity contribution < 1.29 is 23.8 Å². The van der Waals surface area contributed by atoms with Crippen LogP contribution in [-0.2, 0) is 16.6 Å². The minimum atomic E-state index is -1.17. The van der Waals surface area contributed by atoms with Crippen molar-refractivity contribution in [3.8, 4) is 22.6 Å². The zero-order chi connectivity index (χ0) is 25.8. The second-order valence-corrected chi connectivity index (χ2v) is 8.10. The third-order valence-corrected chi connectivity index (χ3v) is 5.88. The van der Waals surface area contributed by atoms with E-state index in [1.807, 2.05) is 30.3 Å². The van der Waals surface area contributed by atoms with Gasteiger partial charge in [0, 0.05) is 24.1 Å². The second-order valence-electron chi connectivity index (χ2n) is 8.10. The number of nitrogens with one attached hydrogen (secondary N) is 1. The summed E-state index contributed by atoms with van der Waals surface area (Å²) < 4.78 is 17.3. The predicted molar refractivity (Wildman–Crippen MR) is 138 cm³/mol. The highest BCUT2D eigenvalue weighted by Crippen LogP contribution is 2.32. The molecule has 1 heterocycles. The first-order valence-corrected chi connectivity index (χ1v) is 11.3. The fourth-order valence-electron chi connectivity index (χ4n) is 4.02. The van der Waals surface area contributed by atoms with Crippen LogP contribution in [-0.4, -0.2) is 36.8 Å². The van der Waals surface area contributed by atoms with Crippen LogP contribution in [0, 0.1) is 0 Å². The van der Waals surface area contributed by atoms with E-state index in [0.717, 1.165) is 5.56 Å². The monoisotopic (exact) mass is 486 g/mol. The molecule has 3 aromatic carbocycles. The minimum Gasteiger partial charge on any atom is -0.497 e. The van der Waals surface area contributed by atoms with E-state index in [1.54, 1.807) is 42.5 Å². The van der Waals surface area contributed by atoms with Gasteiger partial charge in [-0.1, -0.05) is 48.5 Å². The first kappa shape index (κ1) is 24.5. The lowest BCUT2D eigenvalue weighted by atomic mass is 9.97. The third kappa shape index (κ3) is 4.65. The molecule has 0 aliphatic heterocycles. The molecule has 8 nitrogen and oxygen atoms in total. The number of amides is 1. The molecule has 0 spiro atoms. The molecule has 1 atom stereocenters. The summed E-state index contributed by atoms with van der Waals surface area (Å²) in [5.74, 6) is -0.415. The number of nitrogens with zero attached hydrogens (tertiary/aromatic N) is 1. The van der Waals surface area contributed by atoms with Gasteiger partial charge in [-0.15, -0.1) is 0 Å². The van der Waals surface area contributed by atoms with Crippen LogP contribution in [0.3, 0.4) is 0 Å². The maximum Gasteiger partial charge on any atom is 0.356 e. The van der Waals surface area contributed by atoms with Gasteiger partial charge in [-0.25, -0.2) is 4.79 Å². The van der Waals surface area contributed by atoms with Crippen molar-refractivity contribution in [3.05, 3.63) is 88.8 Å².